The summed E-state index contributed by atoms with van der Waals surface area (Å²) in [6.45, 7) is 0. The van der Waals surface area contributed by atoms with Gasteiger partial charge in [-0.1, -0.05) is 23.2 Å². The lowest BCUT2D eigenvalue weighted by Gasteiger charge is -1.96. The van der Waals surface area contributed by atoms with Crippen LogP contribution in [0.1, 0.15) is 10.4 Å². The lowest BCUT2D eigenvalue weighted by atomic mass is 10.3. The van der Waals surface area contributed by atoms with Gasteiger partial charge >= 0.3 is 0 Å². The molecule has 58 valence electrons. The zero-order valence-electron chi connectivity index (χ0n) is 5.14. The van der Waals surface area contributed by atoms with Crippen LogP contribution in [-0.4, -0.2) is 10.2 Å². The number of aromatic nitrogens is 1. The summed E-state index contributed by atoms with van der Waals surface area (Å²) >= 11 is 16.2. The van der Waals surface area contributed by atoms with Gasteiger partial charge in [-0.3, -0.25) is 4.79 Å². The fourth-order valence-electron chi connectivity index (χ4n) is 0.564. The predicted molar refractivity (Wildman–Crippen MR) is 44.4 cm³/mol. The van der Waals surface area contributed by atoms with Crippen LogP contribution >= 0.6 is 34.8 Å². The summed E-state index contributed by atoms with van der Waals surface area (Å²) in [7, 11) is 0. The molecule has 11 heavy (non-hydrogen) atoms. The highest BCUT2D eigenvalue weighted by atomic mass is 35.5. The first-order valence-electron chi connectivity index (χ1n) is 2.62. The van der Waals surface area contributed by atoms with Gasteiger partial charge in [0.1, 0.15) is 5.15 Å². The van der Waals surface area contributed by atoms with E-state index in [1.807, 2.05) is 0 Å². The van der Waals surface area contributed by atoms with E-state index in [0.717, 1.165) is 0 Å². The lowest BCUT2D eigenvalue weighted by Crippen LogP contribution is -1.91. The molecule has 0 unspecified atom stereocenters. The first-order chi connectivity index (χ1) is 5.11. The Labute approximate surface area is 78.1 Å². The second-order valence-corrected chi connectivity index (χ2v) is 2.90. The zero-order chi connectivity index (χ0) is 8.43. The Morgan fingerprint density at radius 2 is 2.09 bits per heavy atom. The molecule has 0 radical (unpaired) electrons. The van der Waals surface area contributed by atoms with Crippen LogP contribution in [0.15, 0.2) is 12.3 Å². The Balaban J connectivity index is 3.23. The number of nitrogens with zero attached hydrogens (tertiary/aromatic N) is 1. The van der Waals surface area contributed by atoms with Gasteiger partial charge in [0.15, 0.2) is 0 Å². The number of hydrogen-bond acceptors (Lipinski definition) is 2. The first-order valence-corrected chi connectivity index (χ1v) is 3.75. The molecule has 5 heteroatoms. The van der Waals surface area contributed by atoms with Gasteiger partial charge in [0.25, 0.3) is 5.24 Å². The number of carbonyl (C=O) groups is 1. The topological polar surface area (TPSA) is 30.0 Å². The van der Waals surface area contributed by atoms with Crippen LogP contribution in [0.3, 0.4) is 0 Å². The molecule has 2 nitrogen and oxygen atoms in total. The molecule has 0 aliphatic rings. The molecule has 1 aromatic rings. The van der Waals surface area contributed by atoms with Crippen LogP contribution in [0.4, 0.5) is 0 Å². The second-order valence-electron chi connectivity index (χ2n) is 1.76. The molecular weight excluding hydrogens is 208 g/mol. The summed E-state index contributed by atoms with van der Waals surface area (Å²) in [6.07, 6.45) is 1.28. The number of carbonyl (C=O) groups excluding carboxylic acids is 1. The molecule has 0 fully saturated rings. The van der Waals surface area contributed by atoms with E-state index in [9.17, 15) is 4.79 Å². The smallest absolute Gasteiger partial charge is 0.254 e. The van der Waals surface area contributed by atoms with Gasteiger partial charge in [0, 0.05) is 6.20 Å². The van der Waals surface area contributed by atoms with Crippen LogP contribution in [0, 0.1) is 0 Å². The summed E-state index contributed by atoms with van der Waals surface area (Å²) in [6, 6.07) is 1.32. The van der Waals surface area contributed by atoms with E-state index in [-0.39, 0.29) is 15.7 Å². The third-order valence-electron chi connectivity index (χ3n) is 1.03. The average molecular weight is 210 g/mol. The molecule has 0 saturated carbocycles. The van der Waals surface area contributed by atoms with Gasteiger partial charge in [-0.05, 0) is 17.7 Å². The highest BCUT2D eigenvalue weighted by Gasteiger charge is 2.07. The van der Waals surface area contributed by atoms with Gasteiger partial charge < -0.3 is 0 Å². The normalized spacial score (nSPS) is 9.73. The fraction of sp³-hybridized carbons (Fsp3) is 0. The van der Waals surface area contributed by atoms with Crippen molar-refractivity contribution >= 4 is 40.0 Å². The Morgan fingerprint density at radius 1 is 1.45 bits per heavy atom. The van der Waals surface area contributed by atoms with Crippen LogP contribution in [-0.2, 0) is 0 Å². The van der Waals surface area contributed by atoms with Crippen LogP contribution in [0.5, 0.6) is 0 Å². The van der Waals surface area contributed by atoms with Gasteiger partial charge in [-0.25, -0.2) is 4.98 Å². The van der Waals surface area contributed by atoms with Crippen LogP contribution in [0.25, 0.3) is 0 Å². The molecule has 0 spiro atoms. The molecule has 1 aromatic heterocycles. The van der Waals surface area contributed by atoms with E-state index < -0.39 is 5.24 Å². The molecule has 1 heterocycles. The van der Waals surface area contributed by atoms with E-state index in [2.05, 4.69) is 4.98 Å². The van der Waals surface area contributed by atoms with Crippen LogP contribution < -0.4 is 0 Å². The molecule has 1 rings (SSSR count). The predicted octanol–water partition coefficient (Wildman–Crippen LogP) is 2.77. The first kappa shape index (κ1) is 8.78. The standard InChI is InChI=1S/C6H2Cl3NO/c7-4-2-10-5(8)1-3(4)6(9)11/h1-2H. The van der Waals surface area contributed by atoms with Crippen molar-refractivity contribution in [1.82, 2.24) is 4.98 Å². The van der Waals surface area contributed by atoms with Gasteiger partial charge in [-0.2, -0.15) is 0 Å². The van der Waals surface area contributed by atoms with Gasteiger partial charge in [0.2, 0.25) is 0 Å². The van der Waals surface area contributed by atoms with Crippen molar-refractivity contribution in [3.63, 3.8) is 0 Å². The van der Waals surface area contributed by atoms with E-state index in [1.54, 1.807) is 0 Å². The summed E-state index contributed by atoms with van der Waals surface area (Å²) in [5, 5.41) is -0.243. The molecular formula is C6H2Cl3NO. The fourth-order valence-corrected chi connectivity index (χ4v) is 1.12. The average Bonchev–Trinajstić information content (AvgIpc) is 1.94. The van der Waals surface area contributed by atoms with Crippen molar-refractivity contribution < 1.29 is 4.79 Å². The third-order valence-corrected chi connectivity index (χ3v) is 1.75. The van der Waals surface area contributed by atoms with E-state index in [1.165, 1.54) is 12.3 Å². The minimum atomic E-state index is -0.640. The number of hydrogen-bond donors (Lipinski definition) is 0. The molecule has 0 aliphatic carbocycles. The van der Waals surface area contributed by atoms with E-state index >= 15 is 0 Å². The van der Waals surface area contributed by atoms with Crippen molar-refractivity contribution in [2.24, 2.45) is 0 Å². The third kappa shape index (κ3) is 2.06. The Kier molecular flexibility index (Phi) is 2.71. The largest absolute Gasteiger partial charge is 0.276 e. The Bertz CT molecular complexity index is 300. The molecule has 0 saturated heterocycles. The number of halogens is 3. The minimum Gasteiger partial charge on any atom is -0.276 e. The SMILES string of the molecule is O=C(Cl)c1cc(Cl)ncc1Cl. The van der Waals surface area contributed by atoms with Crippen molar-refractivity contribution in [2.45, 2.75) is 0 Å². The van der Waals surface area contributed by atoms with Gasteiger partial charge in [0.05, 0.1) is 10.6 Å². The molecule has 0 atom stereocenters. The zero-order valence-corrected chi connectivity index (χ0v) is 7.41. The van der Waals surface area contributed by atoms with Crippen LogP contribution in [0.2, 0.25) is 10.2 Å². The summed E-state index contributed by atoms with van der Waals surface area (Å²) in [5.41, 5.74) is 0.174. The number of pyridine rings is 1. The maximum atomic E-state index is 10.6. The van der Waals surface area contributed by atoms with Crippen molar-refractivity contribution in [3.8, 4) is 0 Å². The maximum Gasteiger partial charge on any atom is 0.254 e. The minimum absolute atomic E-state index is 0.174. The van der Waals surface area contributed by atoms with Crippen molar-refractivity contribution in [1.29, 1.82) is 0 Å². The lowest BCUT2D eigenvalue weighted by molar-refractivity contribution is 0.108. The summed E-state index contributed by atoms with van der Waals surface area (Å²) in [4.78, 5) is 14.3. The Hall–Kier alpha value is -0.310. The molecule has 0 aromatic carbocycles. The highest BCUT2D eigenvalue weighted by molar-refractivity contribution is 6.68. The van der Waals surface area contributed by atoms with E-state index in [0.29, 0.717) is 0 Å². The van der Waals surface area contributed by atoms with Gasteiger partial charge in [-0.15, -0.1) is 0 Å². The quantitative estimate of drug-likeness (QED) is 0.527. The van der Waals surface area contributed by atoms with Crippen molar-refractivity contribution in [2.75, 3.05) is 0 Å². The maximum absolute atomic E-state index is 10.6. The molecule has 0 aliphatic heterocycles. The summed E-state index contributed by atoms with van der Waals surface area (Å²) < 4.78 is 0. The second kappa shape index (κ2) is 3.39. The summed E-state index contributed by atoms with van der Waals surface area (Å²) in [5.74, 6) is 0. The molecule has 0 N–H and O–H groups in total. The monoisotopic (exact) mass is 209 g/mol. The Morgan fingerprint density at radius 3 is 2.55 bits per heavy atom. The highest BCUT2D eigenvalue weighted by Crippen LogP contribution is 2.19. The number of rotatable bonds is 1. The molecule has 0 amide bonds. The van der Waals surface area contributed by atoms with Crippen molar-refractivity contribution in [3.05, 3.63) is 28.0 Å². The molecule has 0 bridgehead atoms. The van der Waals surface area contributed by atoms with E-state index in [4.69, 9.17) is 34.8 Å².